The Morgan fingerprint density at radius 2 is 2.06 bits per heavy atom. The number of rotatable bonds is 3. The summed E-state index contributed by atoms with van der Waals surface area (Å²) in [5.74, 6) is 0.0864. The Morgan fingerprint density at radius 3 is 2.44 bits per heavy atom. The van der Waals surface area contributed by atoms with E-state index in [0.29, 0.717) is 0 Å². The number of hydrogen-bond acceptors (Lipinski definition) is 2. The van der Waals surface area contributed by atoms with Crippen molar-refractivity contribution in [2.75, 3.05) is 0 Å². The summed E-state index contributed by atoms with van der Waals surface area (Å²) in [6.45, 7) is 12.1. The molecule has 0 saturated carbocycles. The van der Waals surface area contributed by atoms with Crippen molar-refractivity contribution in [2.24, 2.45) is 0 Å². The maximum Gasteiger partial charge on any atom is 0.177 e. The van der Waals surface area contributed by atoms with Crippen molar-refractivity contribution in [1.82, 2.24) is 9.78 Å². The van der Waals surface area contributed by atoms with Crippen LogP contribution in [0.2, 0.25) is 0 Å². The molecule has 1 aromatic rings. The molecular weight excluding hydrogens is 200 g/mol. The van der Waals surface area contributed by atoms with Gasteiger partial charge in [0.25, 0.3) is 0 Å². The van der Waals surface area contributed by atoms with Gasteiger partial charge in [-0.1, -0.05) is 27.7 Å². The van der Waals surface area contributed by atoms with Crippen molar-refractivity contribution in [3.63, 3.8) is 0 Å². The molecule has 3 heteroatoms. The molecule has 0 N–H and O–H groups in total. The second-order valence-corrected chi connectivity index (χ2v) is 5.42. The quantitative estimate of drug-likeness (QED) is 0.735. The Labute approximate surface area is 97.8 Å². The number of ketones is 1. The zero-order valence-electron chi connectivity index (χ0n) is 11.2. The number of Topliss-reactive ketones (excluding diaryl/α,β-unsaturated/α-hetero) is 1. The van der Waals surface area contributed by atoms with E-state index in [1.807, 2.05) is 10.7 Å². The van der Waals surface area contributed by atoms with Gasteiger partial charge in [0.15, 0.2) is 5.78 Å². The first-order valence-corrected chi connectivity index (χ1v) is 5.88. The molecule has 90 valence electrons. The van der Waals surface area contributed by atoms with Crippen LogP contribution >= 0.6 is 0 Å². The van der Waals surface area contributed by atoms with Crippen molar-refractivity contribution in [3.8, 4) is 0 Å². The highest BCUT2D eigenvalue weighted by atomic mass is 16.1. The minimum atomic E-state index is -0.0110. The third-order valence-electron chi connectivity index (χ3n) is 2.87. The topological polar surface area (TPSA) is 34.9 Å². The van der Waals surface area contributed by atoms with E-state index < -0.39 is 0 Å². The van der Waals surface area contributed by atoms with Gasteiger partial charge in [-0.15, -0.1) is 0 Å². The first-order chi connectivity index (χ1) is 7.27. The first kappa shape index (κ1) is 12.9. The lowest BCUT2D eigenvalue weighted by Crippen LogP contribution is -2.15. The molecule has 0 amide bonds. The van der Waals surface area contributed by atoms with Gasteiger partial charge in [-0.3, -0.25) is 9.48 Å². The third-order valence-corrected chi connectivity index (χ3v) is 2.87. The summed E-state index contributed by atoms with van der Waals surface area (Å²) in [6.07, 6.45) is 0.978. The molecule has 0 aliphatic carbocycles. The number of carbonyl (C=O) groups excluding carboxylic acids is 1. The van der Waals surface area contributed by atoms with Crippen LogP contribution in [0.5, 0.6) is 0 Å². The molecule has 0 fully saturated rings. The van der Waals surface area contributed by atoms with E-state index in [0.717, 1.165) is 17.8 Å². The van der Waals surface area contributed by atoms with Crippen LogP contribution in [0, 0.1) is 0 Å². The Balaban J connectivity index is 3.26. The zero-order valence-corrected chi connectivity index (χ0v) is 11.2. The summed E-state index contributed by atoms with van der Waals surface area (Å²) in [5, 5.41) is 4.57. The third kappa shape index (κ3) is 2.52. The van der Waals surface area contributed by atoms with Gasteiger partial charge in [0, 0.05) is 18.4 Å². The van der Waals surface area contributed by atoms with Gasteiger partial charge in [-0.05, 0) is 19.4 Å². The molecule has 0 aromatic carbocycles. The number of aromatic nitrogens is 2. The van der Waals surface area contributed by atoms with Crippen LogP contribution in [0.1, 0.15) is 70.2 Å². The fourth-order valence-electron chi connectivity index (χ4n) is 1.53. The fraction of sp³-hybridized carbons (Fsp3) is 0.692. The number of carbonyl (C=O) groups is 1. The van der Waals surface area contributed by atoms with Gasteiger partial charge >= 0.3 is 0 Å². The Kier molecular flexibility index (Phi) is 3.56. The van der Waals surface area contributed by atoms with Gasteiger partial charge < -0.3 is 0 Å². The summed E-state index contributed by atoms with van der Waals surface area (Å²) in [5.41, 5.74) is 1.69. The summed E-state index contributed by atoms with van der Waals surface area (Å²) < 4.78 is 1.86. The molecule has 1 rings (SSSR count). The highest BCUT2D eigenvalue weighted by molar-refractivity contribution is 5.92. The normalized spacial score (nSPS) is 13.9. The van der Waals surface area contributed by atoms with Gasteiger partial charge in [0.1, 0.15) is 5.69 Å². The molecule has 0 bridgehead atoms. The predicted octanol–water partition coefficient (Wildman–Crippen LogP) is 3.35. The molecule has 0 aliphatic rings. The molecule has 1 atom stereocenters. The van der Waals surface area contributed by atoms with Crippen LogP contribution in [-0.4, -0.2) is 15.6 Å². The molecule has 1 heterocycles. The fourth-order valence-corrected chi connectivity index (χ4v) is 1.53. The SMILES string of the molecule is CCC(C)n1nc(C(C)(C)C)cc1C(C)=O. The van der Waals surface area contributed by atoms with E-state index in [9.17, 15) is 4.79 Å². The standard InChI is InChI=1S/C13H22N2O/c1-7-9(2)15-11(10(3)16)8-12(14-15)13(4,5)6/h8-9H,7H2,1-6H3. The molecule has 16 heavy (non-hydrogen) atoms. The van der Waals surface area contributed by atoms with E-state index in [2.05, 4.69) is 39.7 Å². The summed E-state index contributed by atoms with van der Waals surface area (Å²) in [4.78, 5) is 11.6. The van der Waals surface area contributed by atoms with Crippen molar-refractivity contribution in [3.05, 3.63) is 17.5 Å². The molecule has 3 nitrogen and oxygen atoms in total. The lowest BCUT2D eigenvalue weighted by Gasteiger charge is -2.15. The van der Waals surface area contributed by atoms with Crippen molar-refractivity contribution in [2.45, 2.75) is 59.4 Å². The van der Waals surface area contributed by atoms with Crippen LogP contribution < -0.4 is 0 Å². The van der Waals surface area contributed by atoms with E-state index >= 15 is 0 Å². The van der Waals surface area contributed by atoms with Crippen LogP contribution in [0.25, 0.3) is 0 Å². The molecule has 1 aromatic heterocycles. The first-order valence-electron chi connectivity index (χ1n) is 5.88. The molecule has 0 radical (unpaired) electrons. The van der Waals surface area contributed by atoms with Crippen molar-refractivity contribution in [1.29, 1.82) is 0 Å². The van der Waals surface area contributed by atoms with Crippen LogP contribution in [0.3, 0.4) is 0 Å². The number of hydrogen-bond donors (Lipinski definition) is 0. The van der Waals surface area contributed by atoms with E-state index in [1.165, 1.54) is 0 Å². The second kappa shape index (κ2) is 4.40. The molecule has 1 unspecified atom stereocenters. The minimum Gasteiger partial charge on any atom is -0.293 e. The van der Waals surface area contributed by atoms with Crippen LogP contribution in [0.4, 0.5) is 0 Å². The highest BCUT2D eigenvalue weighted by Gasteiger charge is 2.22. The van der Waals surface area contributed by atoms with Crippen LogP contribution in [0.15, 0.2) is 6.07 Å². The Morgan fingerprint density at radius 1 is 1.50 bits per heavy atom. The van der Waals surface area contributed by atoms with E-state index in [-0.39, 0.29) is 17.2 Å². The maximum absolute atomic E-state index is 11.6. The van der Waals surface area contributed by atoms with Crippen molar-refractivity contribution < 1.29 is 4.79 Å². The largest absolute Gasteiger partial charge is 0.293 e. The second-order valence-electron chi connectivity index (χ2n) is 5.42. The maximum atomic E-state index is 11.6. The van der Waals surface area contributed by atoms with Gasteiger partial charge in [-0.2, -0.15) is 5.10 Å². The average Bonchev–Trinajstić information content (AvgIpc) is 2.60. The Hall–Kier alpha value is -1.12. The monoisotopic (exact) mass is 222 g/mol. The smallest absolute Gasteiger partial charge is 0.177 e. The molecule has 0 spiro atoms. The molecular formula is C13H22N2O. The summed E-state index contributed by atoms with van der Waals surface area (Å²) in [6, 6.07) is 2.20. The lowest BCUT2D eigenvalue weighted by molar-refractivity contribution is 0.100. The van der Waals surface area contributed by atoms with Crippen molar-refractivity contribution >= 4 is 5.78 Å². The lowest BCUT2D eigenvalue weighted by atomic mass is 9.92. The van der Waals surface area contributed by atoms with Crippen LogP contribution in [-0.2, 0) is 5.41 Å². The highest BCUT2D eigenvalue weighted by Crippen LogP contribution is 2.24. The Bertz CT molecular complexity index is 385. The van der Waals surface area contributed by atoms with E-state index in [1.54, 1.807) is 6.92 Å². The molecule has 0 saturated heterocycles. The predicted molar refractivity (Wildman–Crippen MR) is 65.9 cm³/mol. The summed E-state index contributed by atoms with van der Waals surface area (Å²) >= 11 is 0. The zero-order chi connectivity index (χ0) is 12.5. The average molecular weight is 222 g/mol. The minimum absolute atomic E-state index is 0.0110. The molecule has 0 aliphatic heterocycles. The van der Waals surface area contributed by atoms with Gasteiger partial charge in [0.05, 0.1) is 5.69 Å². The van der Waals surface area contributed by atoms with Gasteiger partial charge in [-0.25, -0.2) is 0 Å². The summed E-state index contributed by atoms with van der Waals surface area (Å²) in [7, 11) is 0. The van der Waals surface area contributed by atoms with Gasteiger partial charge in [0.2, 0.25) is 0 Å². The number of nitrogens with zero attached hydrogens (tertiary/aromatic N) is 2. The van der Waals surface area contributed by atoms with E-state index in [4.69, 9.17) is 0 Å².